The summed E-state index contributed by atoms with van der Waals surface area (Å²) in [4.78, 5) is 48.5. The van der Waals surface area contributed by atoms with E-state index in [1.54, 1.807) is 34.1 Å². The number of fused-ring (bicyclic) bond motifs is 1. The third-order valence-electron chi connectivity index (χ3n) is 5.78. The third kappa shape index (κ3) is 6.04. The van der Waals surface area contributed by atoms with Crippen molar-refractivity contribution in [3.63, 3.8) is 0 Å². The van der Waals surface area contributed by atoms with E-state index in [0.717, 1.165) is 0 Å². The first-order valence-corrected chi connectivity index (χ1v) is 11.9. The van der Waals surface area contributed by atoms with Gasteiger partial charge in [0.2, 0.25) is 5.91 Å². The molecule has 3 aromatic rings. The molecule has 0 bridgehead atoms. The lowest BCUT2D eigenvalue weighted by Gasteiger charge is -2.23. The van der Waals surface area contributed by atoms with Crippen molar-refractivity contribution < 1.29 is 19.1 Å². The molecule has 1 aliphatic heterocycles. The topological polar surface area (TPSA) is 131 Å². The van der Waals surface area contributed by atoms with E-state index in [1.807, 2.05) is 25.1 Å². The molecule has 11 nitrogen and oxygen atoms in total. The van der Waals surface area contributed by atoms with Gasteiger partial charge in [-0.15, -0.1) is 0 Å². The highest BCUT2D eigenvalue weighted by molar-refractivity contribution is 5.95. The van der Waals surface area contributed by atoms with Gasteiger partial charge in [0.15, 0.2) is 17.3 Å². The minimum atomic E-state index is -0.355. The molecule has 0 atom stereocenters. The third-order valence-corrected chi connectivity index (χ3v) is 5.78. The largest absolute Gasteiger partial charge is 0.489 e. The number of ether oxygens (including phenoxy) is 1. The van der Waals surface area contributed by atoms with E-state index in [1.165, 1.54) is 6.20 Å². The highest BCUT2D eigenvalue weighted by Crippen LogP contribution is 2.17. The van der Waals surface area contributed by atoms with Gasteiger partial charge >= 0.3 is 0 Å². The molecule has 188 valence electrons. The van der Waals surface area contributed by atoms with Crippen LogP contribution in [-0.2, 0) is 4.79 Å². The summed E-state index contributed by atoms with van der Waals surface area (Å²) >= 11 is 0. The van der Waals surface area contributed by atoms with Crippen LogP contribution in [0.15, 0.2) is 48.9 Å². The molecule has 0 fully saturated rings. The second-order valence-corrected chi connectivity index (χ2v) is 8.30. The van der Waals surface area contributed by atoms with E-state index in [9.17, 15) is 14.4 Å². The fraction of sp³-hybridized carbons (Fsp3) is 0.360. The van der Waals surface area contributed by atoms with Crippen LogP contribution in [0.2, 0.25) is 0 Å². The number of carbonyl (C=O) groups excluding carboxylic acids is 3. The first kappa shape index (κ1) is 24.8. The first-order valence-electron chi connectivity index (χ1n) is 11.9. The Hall–Kier alpha value is -4.28. The van der Waals surface area contributed by atoms with Gasteiger partial charge in [-0.2, -0.15) is 5.10 Å². The lowest BCUT2D eigenvalue weighted by Crippen LogP contribution is -2.36. The molecule has 0 saturated carbocycles. The summed E-state index contributed by atoms with van der Waals surface area (Å²) in [6, 6.07) is 8.84. The summed E-state index contributed by atoms with van der Waals surface area (Å²) in [6.07, 6.45) is 6.05. The van der Waals surface area contributed by atoms with Crippen LogP contribution in [0.1, 0.15) is 45.8 Å². The van der Waals surface area contributed by atoms with Gasteiger partial charge in [0.1, 0.15) is 6.61 Å². The quantitative estimate of drug-likeness (QED) is 0.556. The number of hydrogen-bond donors (Lipinski definition) is 2. The van der Waals surface area contributed by atoms with E-state index >= 15 is 0 Å². The van der Waals surface area contributed by atoms with Gasteiger partial charge < -0.3 is 20.3 Å². The molecule has 4 rings (SSSR count). The molecule has 0 radical (unpaired) electrons. The predicted molar refractivity (Wildman–Crippen MR) is 131 cm³/mol. The van der Waals surface area contributed by atoms with Gasteiger partial charge in [0.05, 0.1) is 24.0 Å². The van der Waals surface area contributed by atoms with Gasteiger partial charge in [0.25, 0.3) is 11.8 Å². The number of amides is 3. The smallest absolute Gasteiger partial charge is 0.273 e. The number of rotatable bonds is 2. The Balaban J connectivity index is 1.48. The summed E-state index contributed by atoms with van der Waals surface area (Å²) in [5.74, 6) is 0.323. The zero-order valence-corrected chi connectivity index (χ0v) is 20.1. The van der Waals surface area contributed by atoms with Crippen molar-refractivity contribution in [2.45, 2.75) is 26.2 Å². The van der Waals surface area contributed by atoms with E-state index in [2.05, 4.69) is 25.7 Å². The van der Waals surface area contributed by atoms with Gasteiger partial charge in [-0.05, 0) is 44.0 Å². The van der Waals surface area contributed by atoms with Crippen LogP contribution < -0.4 is 15.4 Å². The van der Waals surface area contributed by atoms with Crippen molar-refractivity contribution in [3.05, 3.63) is 65.9 Å². The summed E-state index contributed by atoms with van der Waals surface area (Å²) < 4.78 is 7.28. The van der Waals surface area contributed by atoms with Gasteiger partial charge in [-0.1, -0.05) is 6.07 Å². The van der Waals surface area contributed by atoms with Crippen molar-refractivity contribution in [2.24, 2.45) is 0 Å². The maximum Gasteiger partial charge on any atom is 0.273 e. The van der Waals surface area contributed by atoms with E-state index < -0.39 is 0 Å². The Bertz CT molecular complexity index is 1210. The van der Waals surface area contributed by atoms with Crippen LogP contribution in [0, 0.1) is 6.92 Å². The second kappa shape index (κ2) is 11.9. The van der Waals surface area contributed by atoms with Crippen LogP contribution in [0.25, 0.3) is 5.82 Å². The average Bonchev–Trinajstić information content (AvgIpc) is 3.28. The molecular weight excluding hydrogens is 462 g/mol. The number of pyridine rings is 2. The normalized spacial score (nSPS) is 15.9. The molecule has 3 amide bonds. The molecule has 2 N–H and O–H groups in total. The first-order chi connectivity index (χ1) is 17.5. The Morgan fingerprint density at radius 3 is 2.67 bits per heavy atom. The van der Waals surface area contributed by atoms with Crippen LogP contribution in [0.4, 0.5) is 0 Å². The minimum absolute atomic E-state index is 0.124. The number of hydrogen-bond acceptors (Lipinski definition) is 7. The standard InChI is InChI=1S/C25H29N7O4/c1-18-19(17-30-32(18)21-8-2-3-10-26-21)25(35)31-14-5-9-22(33)27-13-16-36-20-7-4-11-28-23(20)24(34)29-12-6-15-31/h2-4,7-8,10-11,17H,5-6,9,12-16H2,1H3,(H,27,33)(H,29,34). The molecule has 11 heteroatoms. The van der Waals surface area contributed by atoms with Crippen molar-refractivity contribution in [3.8, 4) is 11.6 Å². The van der Waals surface area contributed by atoms with Crippen molar-refractivity contribution in [1.29, 1.82) is 0 Å². The van der Waals surface area contributed by atoms with Crippen molar-refractivity contribution in [1.82, 2.24) is 35.3 Å². The highest BCUT2D eigenvalue weighted by Gasteiger charge is 2.22. The molecular formula is C25H29N7O4. The maximum absolute atomic E-state index is 13.5. The zero-order valence-electron chi connectivity index (χ0n) is 20.1. The summed E-state index contributed by atoms with van der Waals surface area (Å²) in [5, 5.41) is 10.0. The average molecular weight is 492 g/mol. The molecule has 0 saturated heterocycles. The number of aromatic nitrogens is 4. The van der Waals surface area contributed by atoms with Crippen LogP contribution in [0.5, 0.6) is 5.75 Å². The minimum Gasteiger partial charge on any atom is -0.489 e. The van der Waals surface area contributed by atoms with Gasteiger partial charge in [-0.25, -0.2) is 14.6 Å². The Morgan fingerprint density at radius 2 is 1.83 bits per heavy atom. The summed E-state index contributed by atoms with van der Waals surface area (Å²) in [7, 11) is 0. The number of carbonyl (C=O) groups is 3. The molecule has 0 aromatic carbocycles. The Labute approximate surface area is 208 Å². The highest BCUT2D eigenvalue weighted by atomic mass is 16.5. The molecule has 3 aromatic heterocycles. The predicted octanol–water partition coefficient (Wildman–Crippen LogP) is 1.52. The number of nitrogens with zero attached hydrogens (tertiary/aromatic N) is 5. The molecule has 36 heavy (non-hydrogen) atoms. The molecule has 4 heterocycles. The Morgan fingerprint density at radius 1 is 1.00 bits per heavy atom. The molecule has 0 aliphatic carbocycles. The van der Waals surface area contributed by atoms with Crippen LogP contribution in [0.3, 0.4) is 0 Å². The summed E-state index contributed by atoms with van der Waals surface area (Å²) in [6.45, 7) is 3.48. The maximum atomic E-state index is 13.5. The SMILES string of the molecule is Cc1c(C(=O)N2CCCNC(=O)c3ncccc3OCCNC(=O)CCC2)cnn1-c1ccccn1. The number of nitrogens with one attached hydrogen (secondary N) is 2. The monoisotopic (exact) mass is 491 g/mol. The van der Waals surface area contributed by atoms with Crippen molar-refractivity contribution >= 4 is 17.7 Å². The second-order valence-electron chi connectivity index (χ2n) is 8.30. The van der Waals surface area contributed by atoms with Gasteiger partial charge in [0, 0.05) is 38.4 Å². The fourth-order valence-corrected chi connectivity index (χ4v) is 3.92. The Kier molecular flexibility index (Phi) is 8.22. The van der Waals surface area contributed by atoms with Crippen LogP contribution >= 0.6 is 0 Å². The molecule has 0 unspecified atom stereocenters. The molecule has 1 aliphatic rings. The van der Waals surface area contributed by atoms with Crippen LogP contribution in [-0.4, -0.2) is 75.2 Å². The lowest BCUT2D eigenvalue weighted by molar-refractivity contribution is -0.121. The van der Waals surface area contributed by atoms with E-state index in [0.29, 0.717) is 61.8 Å². The van der Waals surface area contributed by atoms with E-state index in [4.69, 9.17) is 4.74 Å². The zero-order chi connectivity index (χ0) is 25.3. The fourth-order valence-electron chi connectivity index (χ4n) is 3.92. The summed E-state index contributed by atoms with van der Waals surface area (Å²) in [5.41, 5.74) is 1.33. The lowest BCUT2D eigenvalue weighted by atomic mass is 10.2. The van der Waals surface area contributed by atoms with Crippen molar-refractivity contribution in [2.75, 3.05) is 32.8 Å². The van der Waals surface area contributed by atoms with Gasteiger partial charge in [-0.3, -0.25) is 14.4 Å². The molecule has 0 spiro atoms. The van der Waals surface area contributed by atoms with E-state index in [-0.39, 0.29) is 36.4 Å².